The monoisotopic (exact) mass is 237 g/mol. The summed E-state index contributed by atoms with van der Waals surface area (Å²) in [5.41, 5.74) is 1.32. The Labute approximate surface area is 93.8 Å². The highest BCUT2D eigenvalue weighted by Gasteiger charge is 2.11. The third kappa shape index (κ3) is 2.70. The molecule has 2 aromatic rings. The molecule has 5 heteroatoms. The average molecular weight is 237 g/mol. The molecule has 1 heterocycles. The van der Waals surface area contributed by atoms with Crippen molar-refractivity contribution in [3.63, 3.8) is 0 Å². The highest BCUT2D eigenvalue weighted by molar-refractivity contribution is 7.89. The molecule has 0 radical (unpaired) electrons. The van der Waals surface area contributed by atoms with Crippen molar-refractivity contribution in [1.82, 2.24) is 5.16 Å². The molecular formula is C11H11NO3S. The molecule has 0 N–H and O–H groups in total. The number of nitrogens with zero attached hydrogens (tertiary/aromatic N) is 1. The van der Waals surface area contributed by atoms with E-state index in [2.05, 4.69) is 5.16 Å². The van der Waals surface area contributed by atoms with Gasteiger partial charge in [-0.05, 0) is 0 Å². The van der Waals surface area contributed by atoms with Crippen LogP contribution in [0.3, 0.4) is 0 Å². The minimum Gasteiger partial charge on any atom is -0.356 e. The van der Waals surface area contributed by atoms with Crippen molar-refractivity contribution < 1.29 is 12.9 Å². The topological polar surface area (TPSA) is 60.2 Å². The van der Waals surface area contributed by atoms with Gasteiger partial charge in [0, 0.05) is 17.9 Å². The first kappa shape index (κ1) is 10.9. The van der Waals surface area contributed by atoms with Crippen LogP contribution in [0, 0.1) is 0 Å². The lowest BCUT2D eigenvalue weighted by Gasteiger charge is -1.91. The second kappa shape index (κ2) is 4.09. The molecule has 0 saturated carbocycles. The smallest absolute Gasteiger partial charge is 0.167 e. The Hall–Kier alpha value is -1.62. The van der Waals surface area contributed by atoms with Gasteiger partial charge in [-0.15, -0.1) is 0 Å². The van der Waals surface area contributed by atoms with Crippen LogP contribution < -0.4 is 0 Å². The van der Waals surface area contributed by atoms with E-state index in [1.807, 2.05) is 30.3 Å². The van der Waals surface area contributed by atoms with Crippen LogP contribution in [-0.2, 0) is 15.6 Å². The standard InChI is InChI=1S/C11H11NO3S/c1-16(13,14)8-10-7-11(15-12-10)9-5-3-2-4-6-9/h2-7H,8H2,1H3. The zero-order valence-electron chi connectivity index (χ0n) is 8.75. The summed E-state index contributed by atoms with van der Waals surface area (Å²) in [5.74, 6) is 0.489. The van der Waals surface area contributed by atoms with Crippen LogP contribution in [0.2, 0.25) is 0 Å². The van der Waals surface area contributed by atoms with Gasteiger partial charge in [0.15, 0.2) is 15.6 Å². The molecule has 2 rings (SSSR count). The maximum absolute atomic E-state index is 11.1. The van der Waals surface area contributed by atoms with Crippen molar-refractivity contribution >= 4 is 9.84 Å². The molecule has 0 unspecified atom stereocenters. The first-order valence-electron chi connectivity index (χ1n) is 4.73. The molecule has 0 spiro atoms. The van der Waals surface area contributed by atoms with Crippen LogP contribution in [0.4, 0.5) is 0 Å². The maximum atomic E-state index is 11.1. The highest BCUT2D eigenvalue weighted by atomic mass is 32.2. The molecule has 0 aliphatic carbocycles. The number of hydrogen-bond donors (Lipinski definition) is 0. The van der Waals surface area contributed by atoms with E-state index in [0.717, 1.165) is 5.56 Å². The van der Waals surface area contributed by atoms with Gasteiger partial charge in [0.05, 0.1) is 11.4 Å². The van der Waals surface area contributed by atoms with Crippen molar-refractivity contribution in [2.45, 2.75) is 5.75 Å². The Morgan fingerprint density at radius 1 is 1.25 bits per heavy atom. The van der Waals surface area contributed by atoms with Gasteiger partial charge in [0.2, 0.25) is 0 Å². The van der Waals surface area contributed by atoms with Crippen molar-refractivity contribution in [3.8, 4) is 11.3 Å². The predicted octanol–water partition coefficient (Wildman–Crippen LogP) is 1.89. The Kier molecular flexibility index (Phi) is 2.78. The number of rotatable bonds is 3. The normalized spacial score (nSPS) is 11.6. The van der Waals surface area contributed by atoms with Gasteiger partial charge < -0.3 is 4.52 Å². The summed E-state index contributed by atoms with van der Waals surface area (Å²) in [6.07, 6.45) is 1.17. The molecular weight excluding hydrogens is 226 g/mol. The van der Waals surface area contributed by atoms with Crippen molar-refractivity contribution in [2.75, 3.05) is 6.26 Å². The number of benzene rings is 1. The maximum Gasteiger partial charge on any atom is 0.167 e. The van der Waals surface area contributed by atoms with E-state index in [9.17, 15) is 8.42 Å². The fourth-order valence-corrected chi connectivity index (χ4v) is 2.06. The summed E-state index contributed by atoms with van der Waals surface area (Å²) in [4.78, 5) is 0. The molecule has 0 amide bonds. The second-order valence-electron chi connectivity index (χ2n) is 3.62. The predicted molar refractivity (Wildman–Crippen MR) is 60.5 cm³/mol. The molecule has 16 heavy (non-hydrogen) atoms. The lowest BCUT2D eigenvalue weighted by atomic mass is 10.2. The Morgan fingerprint density at radius 3 is 2.56 bits per heavy atom. The fourth-order valence-electron chi connectivity index (χ4n) is 1.39. The first-order chi connectivity index (χ1) is 7.54. The fraction of sp³-hybridized carbons (Fsp3) is 0.182. The van der Waals surface area contributed by atoms with Crippen molar-refractivity contribution in [3.05, 3.63) is 42.1 Å². The minimum absolute atomic E-state index is 0.0939. The second-order valence-corrected chi connectivity index (χ2v) is 5.76. The van der Waals surface area contributed by atoms with Gasteiger partial charge in [-0.25, -0.2) is 8.42 Å². The van der Waals surface area contributed by atoms with Crippen molar-refractivity contribution in [2.24, 2.45) is 0 Å². The van der Waals surface area contributed by atoms with Gasteiger partial charge in [-0.3, -0.25) is 0 Å². The van der Waals surface area contributed by atoms with Gasteiger partial charge in [0.25, 0.3) is 0 Å². The molecule has 0 aliphatic rings. The first-order valence-corrected chi connectivity index (χ1v) is 6.79. The van der Waals surface area contributed by atoms with Crippen LogP contribution in [0.1, 0.15) is 5.69 Å². The lowest BCUT2D eigenvalue weighted by molar-refractivity contribution is 0.426. The summed E-state index contributed by atoms with van der Waals surface area (Å²) in [5, 5.41) is 3.72. The Bertz CT molecular complexity index is 572. The summed E-state index contributed by atoms with van der Waals surface area (Å²) in [7, 11) is -3.07. The highest BCUT2D eigenvalue weighted by Crippen LogP contribution is 2.20. The quantitative estimate of drug-likeness (QED) is 0.817. The molecule has 0 atom stereocenters. The van der Waals surface area contributed by atoms with E-state index in [-0.39, 0.29) is 5.75 Å². The molecule has 1 aromatic carbocycles. The van der Waals surface area contributed by atoms with Crippen LogP contribution in [-0.4, -0.2) is 19.8 Å². The molecule has 84 valence electrons. The molecule has 0 aliphatic heterocycles. The zero-order chi connectivity index (χ0) is 11.6. The van der Waals surface area contributed by atoms with Gasteiger partial charge in [-0.2, -0.15) is 0 Å². The van der Waals surface area contributed by atoms with Gasteiger partial charge in [0.1, 0.15) is 0 Å². The van der Waals surface area contributed by atoms with E-state index in [4.69, 9.17) is 4.52 Å². The van der Waals surface area contributed by atoms with Crippen LogP contribution in [0.15, 0.2) is 40.9 Å². The van der Waals surface area contributed by atoms with E-state index >= 15 is 0 Å². The molecule has 1 aromatic heterocycles. The summed E-state index contributed by atoms with van der Waals surface area (Å²) < 4.78 is 27.2. The third-order valence-electron chi connectivity index (χ3n) is 2.03. The van der Waals surface area contributed by atoms with E-state index in [1.165, 1.54) is 6.26 Å². The van der Waals surface area contributed by atoms with E-state index < -0.39 is 9.84 Å². The average Bonchev–Trinajstić information content (AvgIpc) is 2.65. The molecule has 4 nitrogen and oxygen atoms in total. The number of hydrogen-bond acceptors (Lipinski definition) is 4. The summed E-state index contributed by atoms with van der Waals surface area (Å²) >= 11 is 0. The molecule has 0 bridgehead atoms. The lowest BCUT2D eigenvalue weighted by Crippen LogP contribution is -2.00. The van der Waals surface area contributed by atoms with Crippen LogP contribution in [0.25, 0.3) is 11.3 Å². The SMILES string of the molecule is CS(=O)(=O)Cc1cc(-c2ccccc2)on1. The van der Waals surface area contributed by atoms with E-state index in [1.54, 1.807) is 6.07 Å². The minimum atomic E-state index is -3.07. The molecule has 0 fully saturated rings. The number of sulfone groups is 1. The molecule has 0 saturated heterocycles. The van der Waals surface area contributed by atoms with Gasteiger partial charge in [-0.1, -0.05) is 35.5 Å². The summed E-state index contributed by atoms with van der Waals surface area (Å²) in [6.45, 7) is 0. The van der Waals surface area contributed by atoms with Crippen LogP contribution >= 0.6 is 0 Å². The Balaban J connectivity index is 2.27. The largest absolute Gasteiger partial charge is 0.356 e. The van der Waals surface area contributed by atoms with E-state index in [0.29, 0.717) is 11.5 Å². The van der Waals surface area contributed by atoms with Crippen LogP contribution in [0.5, 0.6) is 0 Å². The Morgan fingerprint density at radius 2 is 1.94 bits per heavy atom. The summed E-state index contributed by atoms with van der Waals surface area (Å²) in [6, 6.07) is 11.1. The van der Waals surface area contributed by atoms with Crippen molar-refractivity contribution in [1.29, 1.82) is 0 Å². The third-order valence-corrected chi connectivity index (χ3v) is 2.85. The van der Waals surface area contributed by atoms with Gasteiger partial charge >= 0.3 is 0 Å². The zero-order valence-corrected chi connectivity index (χ0v) is 9.57. The number of aromatic nitrogens is 1.